The van der Waals surface area contributed by atoms with Gasteiger partial charge in [0.25, 0.3) is 0 Å². The first-order valence-corrected chi connectivity index (χ1v) is 9.28. The third-order valence-electron chi connectivity index (χ3n) is 5.16. The zero-order valence-corrected chi connectivity index (χ0v) is 13.9. The van der Waals surface area contributed by atoms with E-state index in [-0.39, 0.29) is 0 Å². The molecule has 1 saturated heterocycles. The molecule has 1 saturated carbocycles. The molecule has 0 aromatic rings. The van der Waals surface area contributed by atoms with Crippen LogP contribution in [0.3, 0.4) is 0 Å². The van der Waals surface area contributed by atoms with E-state index in [0.29, 0.717) is 17.7 Å². The van der Waals surface area contributed by atoms with E-state index in [1.165, 1.54) is 51.4 Å². The molecule has 1 aliphatic heterocycles. The van der Waals surface area contributed by atoms with Crippen LogP contribution in [0, 0.1) is 11.8 Å². The van der Waals surface area contributed by atoms with Crippen LogP contribution in [-0.4, -0.2) is 37.0 Å². The van der Waals surface area contributed by atoms with Gasteiger partial charge in [-0.1, -0.05) is 32.6 Å². The lowest BCUT2D eigenvalue weighted by Gasteiger charge is -2.31. The second-order valence-corrected chi connectivity index (χ2v) is 7.11. The van der Waals surface area contributed by atoms with Gasteiger partial charge in [0, 0.05) is 19.5 Å². The molecule has 1 amide bonds. The maximum absolute atomic E-state index is 12.7. The molecule has 3 nitrogen and oxygen atoms in total. The lowest BCUT2D eigenvalue weighted by atomic mass is 9.95. The van der Waals surface area contributed by atoms with E-state index in [1.54, 1.807) is 0 Å². The molecule has 1 aliphatic carbocycles. The van der Waals surface area contributed by atoms with Gasteiger partial charge in [-0.15, -0.1) is 0 Å². The van der Waals surface area contributed by atoms with Gasteiger partial charge in [0.1, 0.15) is 0 Å². The highest BCUT2D eigenvalue weighted by molar-refractivity contribution is 5.76. The van der Waals surface area contributed by atoms with Crippen LogP contribution in [0.1, 0.15) is 71.1 Å². The molecule has 0 radical (unpaired) electrons. The molecule has 0 aromatic heterocycles. The van der Waals surface area contributed by atoms with Crippen molar-refractivity contribution in [3.8, 4) is 0 Å². The Labute approximate surface area is 130 Å². The molecular weight excluding hydrogens is 260 g/mol. The van der Waals surface area contributed by atoms with Gasteiger partial charge in [0.2, 0.25) is 5.91 Å². The summed E-state index contributed by atoms with van der Waals surface area (Å²) in [5, 5.41) is 3.47. The molecule has 21 heavy (non-hydrogen) atoms. The fraction of sp³-hybridized carbons (Fsp3) is 0.944. The van der Waals surface area contributed by atoms with Gasteiger partial charge in [-0.2, -0.15) is 0 Å². The Bertz CT molecular complexity index is 292. The van der Waals surface area contributed by atoms with Crippen molar-refractivity contribution in [1.29, 1.82) is 0 Å². The molecule has 1 heterocycles. The molecule has 3 heteroatoms. The minimum atomic E-state index is 0.425. The number of nitrogens with zero attached hydrogens (tertiary/aromatic N) is 1. The molecule has 1 atom stereocenters. The average Bonchev–Trinajstić information content (AvgIpc) is 2.76. The minimum Gasteiger partial charge on any atom is -0.342 e. The quantitative estimate of drug-likeness (QED) is 0.759. The van der Waals surface area contributed by atoms with Crippen molar-refractivity contribution in [2.45, 2.75) is 71.1 Å². The number of carbonyl (C=O) groups is 1. The minimum absolute atomic E-state index is 0.425. The highest BCUT2D eigenvalue weighted by atomic mass is 16.2. The van der Waals surface area contributed by atoms with Gasteiger partial charge < -0.3 is 10.2 Å². The van der Waals surface area contributed by atoms with Crippen molar-refractivity contribution in [2.75, 3.05) is 26.2 Å². The SMILES string of the molecule is CCCN(CC1CCCNC1)C(=O)CC1CCCCCC1. The van der Waals surface area contributed by atoms with Crippen molar-refractivity contribution < 1.29 is 4.79 Å². The van der Waals surface area contributed by atoms with E-state index in [0.717, 1.165) is 39.0 Å². The summed E-state index contributed by atoms with van der Waals surface area (Å²) in [5.41, 5.74) is 0. The summed E-state index contributed by atoms with van der Waals surface area (Å²) in [6, 6.07) is 0. The van der Waals surface area contributed by atoms with Crippen LogP contribution in [0.4, 0.5) is 0 Å². The fourth-order valence-electron chi connectivity index (χ4n) is 3.92. The Kier molecular flexibility index (Phi) is 7.56. The largest absolute Gasteiger partial charge is 0.342 e. The van der Waals surface area contributed by atoms with Crippen molar-refractivity contribution in [2.24, 2.45) is 11.8 Å². The molecular formula is C18H34N2O. The summed E-state index contributed by atoms with van der Waals surface area (Å²) in [6.45, 7) is 6.36. The van der Waals surface area contributed by atoms with E-state index in [9.17, 15) is 4.79 Å². The Morgan fingerprint density at radius 2 is 1.76 bits per heavy atom. The van der Waals surface area contributed by atoms with Crippen molar-refractivity contribution in [1.82, 2.24) is 10.2 Å². The third kappa shape index (κ3) is 5.98. The van der Waals surface area contributed by atoms with Crippen LogP contribution in [-0.2, 0) is 4.79 Å². The predicted octanol–water partition coefficient (Wildman–Crippen LogP) is 3.59. The molecule has 0 spiro atoms. The van der Waals surface area contributed by atoms with Crippen LogP contribution >= 0.6 is 0 Å². The van der Waals surface area contributed by atoms with Gasteiger partial charge in [-0.3, -0.25) is 4.79 Å². The van der Waals surface area contributed by atoms with Gasteiger partial charge in [-0.05, 0) is 57.0 Å². The number of rotatable bonds is 6. The van der Waals surface area contributed by atoms with Crippen LogP contribution in [0.5, 0.6) is 0 Å². The summed E-state index contributed by atoms with van der Waals surface area (Å²) in [4.78, 5) is 14.9. The van der Waals surface area contributed by atoms with E-state index < -0.39 is 0 Å². The maximum atomic E-state index is 12.7. The summed E-state index contributed by atoms with van der Waals surface area (Å²) in [6.07, 6.45) is 12.4. The van der Waals surface area contributed by atoms with E-state index >= 15 is 0 Å². The van der Waals surface area contributed by atoms with Crippen molar-refractivity contribution in [3.63, 3.8) is 0 Å². The first-order valence-electron chi connectivity index (χ1n) is 9.28. The smallest absolute Gasteiger partial charge is 0.222 e. The second kappa shape index (κ2) is 9.45. The van der Waals surface area contributed by atoms with E-state index in [2.05, 4.69) is 17.1 Å². The molecule has 122 valence electrons. The molecule has 2 fully saturated rings. The zero-order valence-electron chi connectivity index (χ0n) is 13.9. The molecule has 0 aromatic carbocycles. The van der Waals surface area contributed by atoms with Gasteiger partial charge in [0.15, 0.2) is 0 Å². The predicted molar refractivity (Wildman–Crippen MR) is 88.3 cm³/mol. The second-order valence-electron chi connectivity index (χ2n) is 7.11. The Balaban J connectivity index is 1.81. The number of amides is 1. The van der Waals surface area contributed by atoms with E-state index in [1.807, 2.05) is 0 Å². The normalized spacial score (nSPS) is 24.5. The van der Waals surface area contributed by atoms with Crippen LogP contribution in [0.15, 0.2) is 0 Å². The number of piperidine rings is 1. The number of hydrogen-bond donors (Lipinski definition) is 1. The summed E-state index contributed by atoms with van der Waals surface area (Å²) >= 11 is 0. The van der Waals surface area contributed by atoms with E-state index in [4.69, 9.17) is 0 Å². The molecule has 1 N–H and O–H groups in total. The number of carbonyl (C=O) groups excluding carboxylic acids is 1. The topological polar surface area (TPSA) is 32.3 Å². The molecule has 0 bridgehead atoms. The first-order chi connectivity index (χ1) is 10.3. The van der Waals surface area contributed by atoms with Crippen molar-refractivity contribution in [3.05, 3.63) is 0 Å². The maximum Gasteiger partial charge on any atom is 0.222 e. The summed E-state index contributed by atoms with van der Waals surface area (Å²) in [5.74, 6) is 1.75. The number of hydrogen-bond acceptors (Lipinski definition) is 2. The zero-order chi connectivity index (χ0) is 14.9. The first kappa shape index (κ1) is 16.8. The summed E-state index contributed by atoms with van der Waals surface area (Å²) in [7, 11) is 0. The standard InChI is InChI=1S/C18H34N2O/c1-2-12-20(15-17-10-7-11-19-14-17)18(21)13-16-8-5-3-4-6-9-16/h16-17,19H,2-15H2,1H3. The Morgan fingerprint density at radius 3 is 2.38 bits per heavy atom. The molecule has 2 rings (SSSR count). The van der Waals surface area contributed by atoms with Crippen LogP contribution in [0.2, 0.25) is 0 Å². The Hall–Kier alpha value is -0.570. The van der Waals surface area contributed by atoms with Crippen LogP contribution < -0.4 is 5.32 Å². The lowest BCUT2D eigenvalue weighted by Crippen LogP contribution is -2.41. The van der Waals surface area contributed by atoms with Gasteiger partial charge in [0.05, 0.1) is 0 Å². The summed E-state index contributed by atoms with van der Waals surface area (Å²) < 4.78 is 0. The van der Waals surface area contributed by atoms with Crippen molar-refractivity contribution >= 4 is 5.91 Å². The van der Waals surface area contributed by atoms with Crippen LogP contribution in [0.25, 0.3) is 0 Å². The third-order valence-corrected chi connectivity index (χ3v) is 5.16. The fourth-order valence-corrected chi connectivity index (χ4v) is 3.92. The van der Waals surface area contributed by atoms with Gasteiger partial charge >= 0.3 is 0 Å². The Morgan fingerprint density at radius 1 is 1.05 bits per heavy atom. The van der Waals surface area contributed by atoms with Gasteiger partial charge in [-0.25, -0.2) is 0 Å². The highest BCUT2D eigenvalue weighted by Crippen LogP contribution is 2.26. The molecule has 1 unspecified atom stereocenters. The average molecular weight is 294 g/mol. The lowest BCUT2D eigenvalue weighted by molar-refractivity contribution is -0.133. The monoisotopic (exact) mass is 294 g/mol. The highest BCUT2D eigenvalue weighted by Gasteiger charge is 2.23. The molecule has 2 aliphatic rings. The number of nitrogens with one attached hydrogen (secondary N) is 1.